The van der Waals surface area contributed by atoms with Gasteiger partial charge in [-0.05, 0) is 26.0 Å². The summed E-state index contributed by atoms with van der Waals surface area (Å²) in [5.74, 6) is -0.247. The van der Waals surface area contributed by atoms with Crippen LogP contribution < -0.4 is 10.5 Å². The Morgan fingerprint density at radius 2 is 2.22 bits per heavy atom. The van der Waals surface area contributed by atoms with Crippen molar-refractivity contribution in [3.63, 3.8) is 0 Å². The lowest BCUT2D eigenvalue weighted by Crippen LogP contribution is -2.02. The first-order valence-corrected chi connectivity index (χ1v) is 5.81. The van der Waals surface area contributed by atoms with Crippen LogP contribution >= 0.6 is 0 Å². The summed E-state index contributed by atoms with van der Waals surface area (Å²) in [6, 6.07) is 4.39. The Kier molecular flexibility index (Phi) is 3.50. The van der Waals surface area contributed by atoms with Crippen LogP contribution in [0.2, 0.25) is 0 Å². The van der Waals surface area contributed by atoms with Gasteiger partial charge in [0.2, 0.25) is 0 Å². The molecule has 18 heavy (non-hydrogen) atoms. The summed E-state index contributed by atoms with van der Waals surface area (Å²) < 4.78 is 20.8. The van der Waals surface area contributed by atoms with Gasteiger partial charge in [-0.15, -0.1) is 0 Å². The lowest BCUT2D eigenvalue weighted by Gasteiger charge is -2.07. The number of aryl methyl sites for hydroxylation is 1. The number of ether oxygens (including phenoxy) is 1. The van der Waals surface area contributed by atoms with E-state index in [1.807, 2.05) is 18.5 Å². The van der Waals surface area contributed by atoms with Gasteiger partial charge < -0.3 is 10.5 Å². The van der Waals surface area contributed by atoms with Crippen molar-refractivity contribution < 1.29 is 9.13 Å². The lowest BCUT2D eigenvalue weighted by atomic mass is 10.2. The van der Waals surface area contributed by atoms with Crippen molar-refractivity contribution in [1.29, 1.82) is 0 Å². The van der Waals surface area contributed by atoms with Gasteiger partial charge in [-0.25, -0.2) is 4.39 Å². The van der Waals surface area contributed by atoms with Crippen LogP contribution in [0.1, 0.15) is 18.2 Å². The first kappa shape index (κ1) is 12.4. The molecule has 4 nitrogen and oxygen atoms in total. The summed E-state index contributed by atoms with van der Waals surface area (Å²) in [5, 5.41) is 4.21. The highest BCUT2D eigenvalue weighted by Crippen LogP contribution is 2.21. The molecule has 2 N–H and O–H groups in total. The molecule has 0 saturated carbocycles. The zero-order chi connectivity index (χ0) is 13.1. The summed E-state index contributed by atoms with van der Waals surface area (Å²) in [6.45, 7) is 5.09. The second-order valence-electron chi connectivity index (χ2n) is 4.05. The van der Waals surface area contributed by atoms with E-state index in [-0.39, 0.29) is 5.75 Å². The number of rotatable bonds is 4. The first-order valence-electron chi connectivity index (χ1n) is 5.81. The normalized spacial score (nSPS) is 10.6. The van der Waals surface area contributed by atoms with Crippen molar-refractivity contribution in [2.24, 2.45) is 0 Å². The smallest absolute Gasteiger partial charge is 0.167 e. The third-order valence-electron chi connectivity index (χ3n) is 2.84. The van der Waals surface area contributed by atoms with E-state index in [0.29, 0.717) is 12.3 Å². The van der Waals surface area contributed by atoms with Crippen LogP contribution in [0, 0.1) is 12.7 Å². The maximum absolute atomic E-state index is 13.5. The van der Waals surface area contributed by atoms with Gasteiger partial charge >= 0.3 is 0 Å². The molecular weight excluding hydrogens is 233 g/mol. The standard InChI is InChI=1S/C13H16FN3O/c1-3-17-9(2)10(7-16-17)8-18-13-5-4-11(15)6-12(13)14/h4-7H,3,8,15H2,1-2H3. The molecule has 2 aromatic rings. The van der Waals surface area contributed by atoms with Crippen molar-refractivity contribution in [2.45, 2.75) is 27.0 Å². The number of aromatic nitrogens is 2. The van der Waals surface area contributed by atoms with Gasteiger partial charge in [0.05, 0.1) is 6.20 Å². The average molecular weight is 249 g/mol. The number of nitrogens with zero attached hydrogens (tertiary/aromatic N) is 2. The Morgan fingerprint density at radius 3 is 2.83 bits per heavy atom. The maximum atomic E-state index is 13.5. The molecule has 0 atom stereocenters. The predicted molar refractivity (Wildman–Crippen MR) is 67.8 cm³/mol. The molecule has 0 unspecified atom stereocenters. The van der Waals surface area contributed by atoms with E-state index in [2.05, 4.69) is 5.10 Å². The summed E-state index contributed by atoms with van der Waals surface area (Å²) in [7, 11) is 0. The highest BCUT2D eigenvalue weighted by molar-refractivity contribution is 5.42. The molecule has 0 spiro atoms. The average Bonchev–Trinajstić information content (AvgIpc) is 2.69. The molecular formula is C13H16FN3O. The maximum Gasteiger partial charge on any atom is 0.167 e. The topological polar surface area (TPSA) is 53.1 Å². The molecule has 0 bridgehead atoms. The molecule has 2 rings (SSSR count). The zero-order valence-corrected chi connectivity index (χ0v) is 10.5. The number of hydrogen-bond acceptors (Lipinski definition) is 3. The second-order valence-corrected chi connectivity index (χ2v) is 4.05. The van der Waals surface area contributed by atoms with Crippen molar-refractivity contribution >= 4 is 5.69 Å². The fourth-order valence-corrected chi connectivity index (χ4v) is 1.74. The minimum atomic E-state index is -0.449. The largest absolute Gasteiger partial charge is 0.486 e. The Labute approximate surface area is 105 Å². The highest BCUT2D eigenvalue weighted by Gasteiger charge is 2.08. The number of anilines is 1. The second kappa shape index (κ2) is 5.08. The van der Waals surface area contributed by atoms with Gasteiger partial charge in [0.25, 0.3) is 0 Å². The van der Waals surface area contributed by atoms with E-state index in [9.17, 15) is 4.39 Å². The van der Waals surface area contributed by atoms with Crippen molar-refractivity contribution in [3.05, 3.63) is 41.5 Å². The molecule has 5 heteroatoms. The van der Waals surface area contributed by atoms with Gasteiger partial charge in [-0.3, -0.25) is 4.68 Å². The summed E-state index contributed by atoms with van der Waals surface area (Å²) >= 11 is 0. The van der Waals surface area contributed by atoms with Crippen LogP contribution in [0.4, 0.5) is 10.1 Å². The van der Waals surface area contributed by atoms with Gasteiger partial charge in [-0.2, -0.15) is 5.10 Å². The van der Waals surface area contributed by atoms with Gasteiger partial charge in [0, 0.05) is 29.6 Å². The van der Waals surface area contributed by atoms with Gasteiger partial charge in [-0.1, -0.05) is 0 Å². The Balaban J connectivity index is 2.09. The molecule has 0 fully saturated rings. The van der Waals surface area contributed by atoms with Gasteiger partial charge in [0.1, 0.15) is 6.61 Å². The number of hydrogen-bond donors (Lipinski definition) is 1. The Bertz CT molecular complexity index is 551. The summed E-state index contributed by atoms with van der Waals surface area (Å²) in [5.41, 5.74) is 7.84. The van der Waals surface area contributed by atoms with E-state index in [1.54, 1.807) is 12.3 Å². The lowest BCUT2D eigenvalue weighted by molar-refractivity contribution is 0.289. The fraction of sp³-hybridized carbons (Fsp3) is 0.308. The summed E-state index contributed by atoms with van der Waals surface area (Å²) in [6.07, 6.45) is 1.74. The van der Waals surface area contributed by atoms with E-state index >= 15 is 0 Å². The van der Waals surface area contributed by atoms with E-state index < -0.39 is 5.82 Å². The fourth-order valence-electron chi connectivity index (χ4n) is 1.74. The third-order valence-corrected chi connectivity index (χ3v) is 2.84. The van der Waals surface area contributed by atoms with E-state index in [0.717, 1.165) is 17.8 Å². The van der Waals surface area contributed by atoms with Crippen LogP contribution in [0.25, 0.3) is 0 Å². The van der Waals surface area contributed by atoms with Crippen LogP contribution in [-0.2, 0) is 13.2 Å². The Morgan fingerprint density at radius 1 is 1.44 bits per heavy atom. The highest BCUT2D eigenvalue weighted by atomic mass is 19.1. The molecule has 0 radical (unpaired) electrons. The number of halogens is 1. The number of nitrogen functional groups attached to an aromatic ring is 1. The molecule has 0 amide bonds. The van der Waals surface area contributed by atoms with Crippen LogP contribution in [0.3, 0.4) is 0 Å². The van der Waals surface area contributed by atoms with E-state index in [1.165, 1.54) is 12.1 Å². The molecule has 1 heterocycles. The minimum Gasteiger partial charge on any atom is -0.486 e. The molecule has 1 aromatic carbocycles. The van der Waals surface area contributed by atoms with Crippen molar-refractivity contribution in [3.8, 4) is 5.75 Å². The number of nitrogens with two attached hydrogens (primary N) is 1. The molecule has 96 valence electrons. The number of benzene rings is 1. The van der Waals surface area contributed by atoms with Crippen LogP contribution in [0.5, 0.6) is 5.75 Å². The third kappa shape index (κ3) is 2.45. The Hall–Kier alpha value is -2.04. The monoisotopic (exact) mass is 249 g/mol. The van der Waals surface area contributed by atoms with Crippen molar-refractivity contribution in [1.82, 2.24) is 9.78 Å². The quantitative estimate of drug-likeness (QED) is 0.847. The molecule has 0 aliphatic carbocycles. The molecule has 0 saturated heterocycles. The van der Waals surface area contributed by atoms with Crippen molar-refractivity contribution in [2.75, 3.05) is 5.73 Å². The summed E-state index contributed by atoms with van der Waals surface area (Å²) in [4.78, 5) is 0. The minimum absolute atomic E-state index is 0.202. The van der Waals surface area contributed by atoms with Gasteiger partial charge in [0.15, 0.2) is 11.6 Å². The molecule has 0 aliphatic rings. The van der Waals surface area contributed by atoms with Crippen LogP contribution in [0.15, 0.2) is 24.4 Å². The van der Waals surface area contributed by atoms with E-state index in [4.69, 9.17) is 10.5 Å². The SMILES string of the molecule is CCn1ncc(COc2ccc(N)cc2F)c1C. The van der Waals surface area contributed by atoms with Crippen LogP contribution in [-0.4, -0.2) is 9.78 Å². The zero-order valence-electron chi connectivity index (χ0n) is 10.5. The molecule has 0 aliphatic heterocycles. The predicted octanol–water partition coefficient (Wildman–Crippen LogP) is 2.51. The molecule has 1 aromatic heterocycles. The first-order chi connectivity index (χ1) is 8.61.